The maximum atomic E-state index is 10.9. The zero-order chi connectivity index (χ0) is 12.3. The summed E-state index contributed by atoms with van der Waals surface area (Å²) in [6.07, 6.45) is 1.95. The highest BCUT2D eigenvalue weighted by Crippen LogP contribution is 2.35. The quantitative estimate of drug-likeness (QED) is 0.688. The van der Waals surface area contributed by atoms with E-state index in [9.17, 15) is 10.1 Å². The van der Waals surface area contributed by atoms with Crippen molar-refractivity contribution < 1.29 is 9.66 Å². The number of ether oxygens (including phenoxy) is 1. The van der Waals surface area contributed by atoms with E-state index >= 15 is 0 Å². The molecule has 1 aliphatic heterocycles. The van der Waals surface area contributed by atoms with Crippen molar-refractivity contribution in [2.24, 2.45) is 0 Å². The summed E-state index contributed by atoms with van der Waals surface area (Å²) in [5.74, 6) is 0.325. The molecule has 1 saturated heterocycles. The Morgan fingerprint density at radius 1 is 1.53 bits per heavy atom. The van der Waals surface area contributed by atoms with E-state index in [-0.39, 0.29) is 11.8 Å². The highest BCUT2D eigenvalue weighted by atomic mass is 79.9. The molecule has 1 aromatic carbocycles. The zero-order valence-electron chi connectivity index (χ0n) is 9.19. The molecule has 1 aliphatic rings. The minimum absolute atomic E-state index is 0.00106. The molecule has 0 aromatic heterocycles. The highest BCUT2D eigenvalue weighted by Gasteiger charge is 2.22. The summed E-state index contributed by atoms with van der Waals surface area (Å²) < 4.78 is 6.35. The summed E-state index contributed by atoms with van der Waals surface area (Å²) in [5.41, 5.74) is 0.00458. The summed E-state index contributed by atoms with van der Waals surface area (Å²) in [7, 11) is 0. The second-order valence-corrected chi connectivity index (χ2v) is 4.79. The number of nitrogens with one attached hydrogen (secondary N) is 1. The third kappa shape index (κ3) is 2.95. The van der Waals surface area contributed by atoms with E-state index in [1.54, 1.807) is 12.1 Å². The first-order chi connectivity index (χ1) is 8.18. The number of hydrogen-bond acceptors (Lipinski definition) is 4. The van der Waals surface area contributed by atoms with Crippen LogP contribution >= 0.6 is 15.9 Å². The molecule has 1 unspecified atom stereocenters. The van der Waals surface area contributed by atoms with Crippen molar-refractivity contribution in [2.45, 2.75) is 18.9 Å². The maximum Gasteiger partial charge on any atom is 0.312 e. The predicted molar refractivity (Wildman–Crippen MR) is 67.3 cm³/mol. The number of nitro benzene ring substituents is 1. The van der Waals surface area contributed by atoms with Gasteiger partial charge < -0.3 is 10.1 Å². The van der Waals surface area contributed by atoms with Crippen LogP contribution in [-0.2, 0) is 0 Å². The molecular weight excluding hydrogens is 288 g/mol. The topological polar surface area (TPSA) is 64.4 Å². The molecule has 0 saturated carbocycles. The third-order valence-corrected chi connectivity index (χ3v) is 3.30. The third-order valence-electron chi connectivity index (χ3n) is 2.68. The number of hydrogen-bond donors (Lipinski definition) is 1. The van der Waals surface area contributed by atoms with E-state index < -0.39 is 4.92 Å². The summed E-state index contributed by atoms with van der Waals surface area (Å²) in [5, 5.41) is 14.1. The fourth-order valence-corrected chi connectivity index (χ4v) is 2.29. The number of halogens is 1. The molecule has 1 N–H and O–H groups in total. The molecule has 0 bridgehead atoms. The van der Waals surface area contributed by atoms with Gasteiger partial charge in [-0.3, -0.25) is 10.1 Å². The van der Waals surface area contributed by atoms with Gasteiger partial charge >= 0.3 is 5.69 Å². The smallest absolute Gasteiger partial charge is 0.312 e. The van der Waals surface area contributed by atoms with Crippen LogP contribution in [0.25, 0.3) is 0 Å². The second kappa shape index (κ2) is 5.46. The molecule has 17 heavy (non-hydrogen) atoms. The first-order valence-corrected chi connectivity index (χ1v) is 6.28. The standard InChI is InChI=1S/C11H13BrN2O3/c12-9-4-1-5-10(14(15)16)11(9)17-8-3-2-6-13-7-8/h1,4-5,8,13H,2-3,6-7H2. The van der Waals surface area contributed by atoms with E-state index in [1.807, 2.05) is 0 Å². The van der Waals surface area contributed by atoms with Gasteiger partial charge in [-0.25, -0.2) is 0 Å². The molecule has 5 nitrogen and oxygen atoms in total. The molecular formula is C11H13BrN2O3. The van der Waals surface area contributed by atoms with Crippen LogP contribution in [0.1, 0.15) is 12.8 Å². The Morgan fingerprint density at radius 2 is 2.35 bits per heavy atom. The lowest BCUT2D eigenvalue weighted by atomic mass is 10.1. The van der Waals surface area contributed by atoms with E-state index in [0.717, 1.165) is 25.9 Å². The fraction of sp³-hybridized carbons (Fsp3) is 0.455. The van der Waals surface area contributed by atoms with Gasteiger partial charge in [0.2, 0.25) is 5.75 Å². The molecule has 1 fully saturated rings. The monoisotopic (exact) mass is 300 g/mol. The van der Waals surface area contributed by atoms with Crippen molar-refractivity contribution in [2.75, 3.05) is 13.1 Å². The summed E-state index contributed by atoms with van der Waals surface area (Å²) in [6, 6.07) is 4.84. The first kappa shape index (κ1) is 12.3. The zero-order valence-corrected chi connectivity index (χ0v) is 10.8. The normalized spacial score (nSPS) is 19.9. The van der Waals surface area contributed by atoms with Gasteiger partial charge in [0.1, 0.15) is 6.10 Å². The second-order valence-electron chi connectivity index (χ2n) is 3.93. The fourth-order valence-electron chi connectivity index (χ4n) is 1.85. The molecule has 0 aliphatic carbocycles. The number of benzene rings is 1. The van der Waals surface area contributed by atoms with Crippen molar-refractivity contribution in [1.29, 1.82) is 0 Å². The number of para-hydroxylation sites is 1. The van der Waals surface area contributed by atoms with Gasteiger partial charge in [-0.15, -0.1) is 0 Å². The van der Waals surface area contributed by atoms with Crippen molar-refractivity contribution >= 4 is 21.6 Å². The van der Waals surface area contributed by atoms with E-state index in [0.29, 0.717) is 10.2 Å². The lowest BCUT2D eigenvalue weighted by Gasteiger charge is -2.24. The number of nitrogens with zero attached hydrogens (tertiary/aromatic N) is 1. The molecule has 92 valence electrons. The number of nitro groups is 1. The Labute approximate surface area is 107 Å². The van der Waals surface area contributed by atoms with Crippen LogP contribution in [0.4, 0.5) is 5.69 Å². The molecule has 1 atom stereocenters. The molecule has 0 radical (unpaired) electrons. The SMILES string of the molecule is O=[N+]([O-])c1cccc(Br)c1OC1CCCNC1. The lowest BCUT2D eigenvalue weighted by molar-refractivity contribution is -0.386. The van der Waals surface area contributed by atoms with Crippen LogP contribution in [0.15, 0.2) is 22.7 Å². The van der Waals surface area contributed by atoms with Gasteiger partial charge in [-0.2, -0.15) is 0 Å². The molecule has 0 amide bonds. The van der Waals surface area contributed by atoms with Crippen LogP contribution in [0.5, 0.6) is 5.75 Å². The molecule has 1 heterocycles. The van der Waals surface area contributed by atoms with Gasteiger partial charge in [-0.1, -0.05) is 6.07 Å². The Balaban J connectivity index is 2.21. The van der Waals surface area contributed by atoms with Crippen LogP contribution in [0.2, 0.25) is 0 Å². The minimum atomic E-state index is -0.420. The molecule has 6 heteroatoms. The van der Waals surface area contributed by atoms with E-state index in [1.165, 1.54) is 6.07 Å². The van der Waals surface area contributed by atoms with Crippen molar-refractivity contribution in [1.82, 2.24) is 5.32 Å². The van der Waals surface area contributed by atoms with Gasteiger partial charge in [0.25, 0.3) is 0 Å². The maximum absolute atomic E-state index is 10.9. The van der Waals surface area contributed by atoms with Gasteiger partial charge in [0, 0.05) is 12.6 Å². The predicted octanol–water partition coefficient (Wildman–Crippen LogP) is 2.49. The number of rotatable bonds is 3. The summed E-state index contributed by atoms with van der Waals surface area (Å²) in [6.45, 7) is 1.72. The van der Waals surface area contributed by atoms with Gasteiger partial charge in [0.15, 0.2) is 0 Å². The van der Waals surface area contributed by atoms with E-state index in [2.05, 4.69) is 21.2 Å². The average Bonchev–Trinajstić information content (AvgIpc) is 2.33. The number of piperidine rings is 1. The average molecular weight is 301 g/mol. The Bertz CT molecular complexity index is 419. The Morgan fingerprint density at radius 3 is 3.00 bits per heavy atom. The highest BCUT2D eigenvalue weighted by molar-refractivity contribution is 9.10. The van der Waals surface area contributed by atoms with Crippen LogP contribution in [0, 0.1) is 10.1 Å². The Hall–Kier alpha value is -1.14. The van der Waals surface area contributed by atoms with Crippen molar-refractivity contribution in [3.05, 3.63) is 32.8 Å². The first-order valence-electron chi connectivity index (χ1n) is 5.49. The van der Waals surface area contributed by atoms with E-state index in [4.69, 9.17) is 4.74 Å². The molecule has 2 rings (SSSR count). The molecule has 1 aromatic rings. The minimum Gasteiger partial charge on any atom is -0.481 e. The van der Waals surface area contributed by atoms with Crippen LogP contribution in [0.3, 0.4) is 0 Å². The Kier molecular flexibility index (Phi) is 3.96. The lowest BCUT2D eigenvalue weighted by Crippen LogP contribution is -2.37. The largest absolute Gasteiger partial charge is 0.481 e. The molecule has 0 spiro atoms. The van der Waals surface area contributed by atoms with Crippen LogP contribution in [-0.4, -0.2) is 24.1 Å². The summed E-state index contributed by atoms with van der Waals surface area (Å²) >= 11 is 3.29. The van der Waals surface area contributed by atoms with Gasteiger partial charge in [-0.05, 0) is 41.4 Å². The summed E-state index contributed by atoms with van der Waals surface area (Å²) in [4.78, 5) is 10.5. The van der Waals surface area contributed by atoms with Gasteiger partial charge in [0.05, 0.1) is 9.40 Å². The van der Waals surface area contributed by atoms with Crippen molar-refractivity contribution in [3.8, 4) is 5.75 Å². The van der Waals surface area contributed by atoms with Crippen LogP contribution < -0.4 is 10.1 Å². The van der Waals surface area contributed by atoms with Crippen molar-refractivity contribution in [3.63, 3.8) is 0 Å².